The molecule has 0 aliphatic rings. The van der Waals surface area contributed by atoms with Crippen LogP contribution in [0.1, 0.15) is 37.0 Å². The normalized spacial score (nSPS) is 11.8. The summed E-state index contributed by atoms with van der Waals surface area (Å²) in [5.74, 6) is 0.334. The number of phenolic OH excluding ortho intramolecular Hbond substituents is 1. The first-order valence-electron chi connectivity index (χ1n) is 6.01. The van der Waals surface area contributed by atoms with E-state index >= 15 is 0 Å². The fourth-order valence-corrected chi connectivity index (χ4v) is 1.70. The largest absolute Gasteiger partial charge is 0.508 e. The Morgan fingerprint density at radius 1 is 1.18 bits per heavy atom. The number of phenols is 1. The van der Waals surface area contributed by atoms with Crippen LogP contribution < -0.4 is 5.32 Å². The molecule has 0 spiro atoms. The minimum Gasteiger partial charge on any atom is -0.508 e. The maximum atomic E-state index is 9.85. The highest BCUT2D eigenvalue weighted by molar-refractivity contribution is 5.40. The van der Waals surface area contributed by atoms with Gasteiger partial charge in [-0.3, -0.25) is 0 Å². The smallest absolute Gasteiger partial charge is 0.120 e. The highest BCUT2D eigenvalue weighted by atomic mass is 16.3. The molecule has 0 aliphatic carbocycles. The number of nitrogens with one attached hydrogen (secondary N) is 1. The molecule has 1 rings (SSSR count). The quantitative estimate of drug-likeness (QED) is 0.736. The van der Waals surface area contributed by atoms with Gasteiger partial charge in [-0.2, -0.15) is 0 Å². The predicted molar refractivity (Wildman–Crippen MR) is 70.2 cm³/mol. The second kappa shape index (κ2) is 5.52. The Balaban J connectivity index is 2.73. The van der Waals surface area contributed by atoms with Gasteiger partial charge in [0.2, 0.25) is 0 Å². The molecule has 0 atom stereocenters. The Labute approximate surface area is 103 Å². The fourth-order valence-electron chi connectivity index (χ4n) is 1.70. The molecule has 3 heteroatoms. The first-order chi connectivity index (χ1) is 7.85. The SMILES string of the molecule is Cc1cc(O)c(CNC(C)(C)CCO)cc1C. The van der Waals surface area contributed by atoms with Crippen molar-refractivity contribution in [2.24, 2.45) is 0 Å². The average Bonchev–Trinajstić information content (AvgIpc) is 2.21. The van der Waals surface area contributed by atoms with Gasteiger partial charge in [0.05, 0.1) is 0 Å². The molecule has 96 valence electrons. The van der Waals surface area contributed by atoms with E-state index in [4.69, 9.17) is 5.11 Å². The third kappa shape index (κ3) is 4.02. The van der Waals surface area contributed by atoms with Crippen LogP contribution in [0.2, 0.25) is 0 Å². The van der Waals surface area contributed by atoms with Gasteiger partial charge in [-0.1, -0.05) is 6.07 Å². The molecule has 0 aliphatic heterocycles. The van der Waals surface area contributed by atoms with Crippen molar-refractivity contribution in [1.29, 1.82) is 0 Å². The average molecular weight is 237 g/mol. The second-order valence-corrected chi connectivity index (χ2v) is 5.28. The molecular formula is C14H23NO2. The van der Waals surface area contributed by atoms with E-state index in [2.05, 4.69) is 5.32 Å². The molecule has 0 saturated heterocycles. The number of hydrogen-bond donors (Lipinski definition) is 3. The van der Waals surface area contributed by atoms with Crippen LogP contribution in [0.25, 0.3) is 0 Å². The Hall–Kier alpha value is -1.06. The summed E-state index contributed by atoms with van der Waals surface area (Å²) in [6, 6.07) is 3.80. The first kappa shape index (κ1) is 14.0. The maximum Gasteiger partial charge on any atom is 0.120 e. The number of aromatic hydroxyl groups is 1. The molecule has 3 N–H and O–H groups in total. The molecular weight excluding hydrogens is 214 g/mol. The van der Waals surface area contributed by atoms with Crippen molar-refractivity contribution < 1.29 is 10.2 Å². The molecule has 17 heavy (non-hydrogen) atoms. The summed E-state index contributed by atoms with van der Waals surface area (Å²) in [5, 5.41) is 22.1. The lowest BCUT2D eigenvalue weighted by molar-refractivity contribution is 0.229. The molecule has 0 fully saturated rings. The fraction of sp³-hybridized carbons (Fsp3) is 0.571. The van der Waals surface area contributed by atoms with Crippen LogP contribution in [-0.2, 0) is 6.54 Å². The molecule has 0 saturated carbocycles. The van der Waals surface area contributed by atoms with Crippen LogP contribution in [0.4, 0.5) is 0 Å². The van der Waals surface area contributed by atoms with Gasteiger partial charge in [-0.05, 0) is 51.3 Å². The maximum absolute atomic E-state index is 9.85. The van der Waals surface area contributed by atoms with E-state index < -0.39 is 0 Å². The van der Waals surface area contributed by atoms with E-state index in [1.807, 2.05) is 33.8 Å². The number of benzene rings is 1. The second-order valence-electron chi connectivity index (χ2n) is 5.28. The van der Waals surface area contributed by atoms with Crippen molar-refractivity contribution in [2.75, 3.05) is 6.61 Å². The Morgan fingerprint density at radius 2 is 1.76 bits per heavy atom. The first-order valence-corrected chi connectivity index (χ1v) is 6.01. The lowest BCUT2D eigenvalue weighted by Crippen LogP contribution is -2.39. The topological polar surface area (TPSA) is 52.5 Å². The zero-order valence-corrected chi connectivity index (χ0v) is 11.2. The summed E-state index contributed by atoms with van der Waals surface area (Å²) in [5.41, 5.74) is 3.06. The summed E-state index contributed by atoms with van der Waals surface area (Å²) < 4.78 is 0. The standard InChI is InChI=1S/C14H23NO2/c1-10-7-12(13(17)8-11(10)2)9-15-14(3,4)5-6-16/h7-8,15-17H,5-6,9H2,1-4H3. The molecule has 0 heterocycles. The van der Waals surface area contributed by atoms with E-state index in [-0.39, 0.29) is 12.1 Å². The lowest BCUT2D eigenvalue weighted by atomic mass is 9.99. The minimum atomic E-state index is -0.125. The van der Waals surface area contributed by atoms with E-state index in [1.165, 1.54) is 5.56 Å². The van der Waals surface area contributed by atoms with Crippen molar-refractivity contribution in [2.45, 2.75) is 46.2 Å². The molecule has 0 aromatic heterocycles. The van der Waals surface area contributed by atoms with Gasteiger partial charge < -0.3 is 15.5 Å². The summed E-state index contributed by atoms with van der Waals surface area (Å²) in [6.45, 7) is 8.89. The zero-order chi connectivity index (χ0) is 13.1. The predicted octanol–water partition coefficient (Wildman–Crippen LogP) is 2.26. The lowest BCUT2D eigenvalue weighted by Gasteiger charge is -2.26. The number of aliphatic hydroxyl groups is 1. The van der Waals surface area contributed by atoms with Crippen molar-refractivity contribution in [3.05, 3.63) is 28.8 Å². The number of hydrogen-bond acceptors (Lipinski definition) is 3. The highest BCUT2D eigenvalue weighted by Gasteiger charge is 2.16. The zero-order valence-electron chi connectivity index (χ0n) is 11.2. The van der Waals surface area contributed by atoms with Gasteiger partial charge in [0.25, 0.3) is 0 Å². The van der Waals surface area contributed by atoms with Crippen molar-refractivity contribution >= 4 is 0 Å². The van der Waals surface area contributed by atoms with Crippen LogP contribution in [0, 0.1) is 13.8 Å². The van der Waals surface area contributed by atoms with E-state index in [1.54, 1.807) is 6.07 Å². The monoisotopic (exact) mass is 237 g/mol. The number of rotatable bonds is 5. The van der Waals surface area contributed by atoms with Crippen LogP contribution in [0.5, 0.6) is 5.75 Å². The van der Waals surface area contributed by atoms with Gasteiger partial charge >= 0.3 is 0 Å². The van der Waals surface area contributed by atoms with Crippen molar-refractivity contribution in [3.8, 4) is 5.75 Å². The number of aliphatic hydroxyl groups excluding tert-OH is 1. The Morgan fingerprint density at radius 3 is 2.35 bits per heavy atom. The van der Waals surface area contributed by atoms with Crippen LogP contribution >= 0.6 is 0 Å². The summed E-state index contributed by atoms with van der Waals surface area (Å²) >= 11 is 0. The van der Waals surface area contributed by atoms with Gasteiger partial charge in [0.1, 0.15) is 5.75 Å². The van der Waals surface area contributed by atoms with Gasteiger partial charge in [-0.15, -0.1) is 0 Å². The molecule has 1 aromatic carbocycles. The molecule has 1 aromatic rings. The van der Waals surface area contributed by atoms with Crippen LogP contribution in [-0.4, -0.2) is 22.4 Å². The van der Waals surface area contributed by atoms with Crippen LogP contribution in [0.15, 0.2) is 12.1 Å². The van der Waals surface area contributed by atoms with Gasteiger partial charge in [0.15, 0.2) is 0 Å². The molecule has 3 nitrogen and oxygen atoms in total. The van der Waals surface area contributed by atoms with E-state index in [0.29, 0.717) is 18.7 Å². The minimum absolute atomic E-state index is 0.125. The van der Waals surface area contributed by atoms with Crippen molar-refractivity contribution in [1.82, 2.24) is 5.32 Å². The Kier molecular flexibility index (Phi) is 4.54. The third-order valence-corrected chi connectivity index (χ3v) is 3.19. The van der Waals surface area contributed by atoms with Gasteiger partial charge in [0, 0.05) is 24.3 Å². The summed E-state index contributed by atoms with van der Waals surface area (Å²) in [6.07, 6.45) is 0.693. The summed E-state index contributed by atoms with van der Waals surface area (Å²) in [4.78, 5) is 0. The van der Waals surface area contributed by atoms with Gasteiger partial charge in [-0.25, -0.2) is 0 Å². The summed E-state index contributed by atoms with van der Waals surface area (Å²) in [7, 11) is 0. The molecule has 0 bridgehead atoms. The molecule has 0 unspecified atom stereocenters. The third-order valence-electron chi connectivity index (χ3n) is 3.19. The molecule has 0 radical (unpaired) electrons. The van der Waals surface area contributed by atoms with E-state index in [9.17, 15) is 5.11 Å². The van der Waals surface area contributed by atoms with E-state index in [0.717, 1.165) is 11.1 Å². The van der Waals surface area contributed by atoms with Crippen molar-refractivity contribution in [3.63, 3.8) is 0 Å². The highest BCUT2D eigenvalue weighted by Crippen LogP contribution is 2.22. The Bertz CT molecular complexity index is 386. The number of aryl methyl sites for hydroxylation is 2. The van der Waals surface area contributed by atoms with Crippen LogP contribution in [0.3, 0.4) is 0 Å². The molecule has 0 amide bonds.